The van der Waals surface area contributed by atoms with Crippen LogP contribution < -0.4 is 0 Å². The third-order valence-corrected chi connectivity index (χ3v) is 3.42. The highest BCUT2D eigenvalue weighted by atomic mass is 16.6. The molecule has 0 unspecified atom stereocenters. The van der Waals surface area contributed by atoms with Crippen LogP contribution in [0.2, 0.25) is 0 Å². The van der Waals surface area contributed by atoms with Crippen molar-refractivity contribution in [1.29, 1.82) is 0 Å². The van der Waals surface area contributed by atoms with Gasteiger partial charge in [-0.05, 0) is 24.8 Å². The molecule has 0 aromatic carbocycles. The average molecular weight is 352 g/mol. The Bertz CT molecular complexity index is 478. The van der Waals surface area contributed by atoms with Crippen LogP contribution in [-0.2, 0) is 28.5 Å². The Morgan fingerprint density at radius 1 is 0.920 bits per heavy atom. The van der Waals surface area contributed by atoms with Crippen molar-refractivity contribution in [3.63, 3.8) is 0 Å². The number of carbonyl (C=O) groups excluding carboxylic acids is 2. The van der Waals surface area contributed by atoms with Gasteiger partial charge in [0, 0.05) is 20.0 Å². The van der Waals surface area contributed by atoms with Crippen molar-refractivity contribution in [2.24, 2.45) is 0 Å². The quantitative estimate of drug-likeness (QED) is 0.375. The summed E-state index contributed by atoms with van der Waals surface area (Å²) in [4.78, 5) is 23.2. The van der Waals surface area contributed by atoms with Gasteiger partial charge >= 0.3 is 11.9 Å². The van der Waals surface area contributed by atoms with E-state index in [2.05, 4.69) is 0 Å². The highest BCUT2D eigenvalue weighted by molar-refractivity contribution is 5.70. The number of esters is 2. The SMILES string of the molecule is COCCOCCOC(=O)CCCCC(=O)OCC1=CC=CC=CC1. The normalized spacial score (nSPS) is 13.2. The number of rotatable bonds is 13. The van der Waals surface area contributed by atoms with Gasteiger partial charge in [-0.1, -0.05) is 30.4 Å². The van der Waals surface area contributed by atoms with Crippen LogP contribution in [0.1, 0.15) is 32.1 Å². The Morgan fingerprint density at radius 3 is 2.40 bits per heavy atom. The van der Waals surface area contributed by atoms with E-state index in [-0.39, 0.29) is 18.5 Å². The molecule has 1 rings (SSSR count). The van der Waals surface area contributed by atoms with E-state index in [0.717, 1.165) is 12.0 Å². The molecule has 0 atom stereocenters. The summed E-state index contributed by atoms with van der Waals surface area (Å²) < 4.78 is 20.3. The maximum absolute atomic E-state index is 11.7. The highest BCUT2D eigenvalue weighted by Crippen LogP contribution is 2.09. The molecule has 0 aromatic rings. The predicted octanol–water partition coefficient (Wildman–Crippen LogP) is 2.74. The van der Waals surface area contributed by atoms with Crippen LogP contribution in [0.4, 0.5) is 0 Å². The molecule has 25 heavy (non-hydrogen) atoms. The molecule has 6 heteroatoms. The van der Waals surface area contributed by atoms with Gasteiger partial charge < -0.3 is 18.9 Å². The maximum atomic E-state index is 11.7. The van der Waals surface area contributed by atoms with E-state index < -0.39 is 0 Å². The fourth-order valence-corrected chi connectivity index (χ4v) is 2.04. The molecule has 0 saturated carbocycles. The summed E-state index contributed by atoms with van der Waals surface area (Å²) in [6.45, 7) is 1.93. The molecule has 0 saturated heterocycles. The van der Waals surface area contributed by atoms with E-state index in [1.807, 2.05) is 30.4 Å². The molecule has 0 aliphatic heterocycles. The third-order valence-electron chi connectivity index (χ3n) is 3.42. The number of ether oxygens (including phenoxy) is 4. The molecular formula is C19H28O6. The summed E-state index contributed by atoms with van der Waals surface area (Å²) >= 11 is 0. The summed E-state index contributed by atoms with van der Waals surface area (Å²) in [5.74, 6) is -0.510. The van der Waals surface area contributed by atoms with Crippen LogP contribution >= 0.6 is 0 Å². The molecular weight excluding hydrogens is 324 g/mol. The van der Waals surface area contributed by atoms with Crippen LogP contribution in [0.15, 0.2) is 36.0 Å². The third kappa shape index (κ3) is 12.1. The van der Waals surface area contributed by atoms with Gasteiger partial charge in [0.05, 0.1) is 19.8 Å². The number of unbranched alkanes of at least 4 members (excludes halogenated alkanes) is 1. The lowest BCUT2D eigenvalue weighted by Crippen LogP contribution is -2.12. The smallest absolute Gasteiger partial charge is 0.306 e. The number of allylic oxidation sites excluding steroid dienone is 5. The predicted molar refractivity (Wildman–Crippen MR) is 94.1 cm³/mol. The Labute approximate surface area is 149 Å². The molecule has 1 aliphatic carbocycles. The molecule has 0 spiro atoms. The first-order chi connectivity index (χ1) is 12.2. The Hall–Kier alpha value is -1.92. The number of hydrogen-bond acceptors (Lipinski definition) is 6. The largest absolute Gasteiger partial charge is 0.463 e. The van der Waals surface area contributed by atoms with E-state index in [9.17, 15) is 9.59 Å². The number of hydrogen-bond donors (Lipinski definition) is 0. The van der Waals surface area contributed by atoms with Crippen LogP contribution in [0.3, 0.4) is 0 Å². The second kappa shape index (κ2) is 14.4. The van der Waals surface area contributed by atoms with Crippen molar-refractivity contribution in [2.45, 2.75) is 32.1 Å². The van der Waals surface area contributed by atoms with Crippen molar-refractivity contribution in [1.82, 2.24) is 0 Å². The summed E-state index contributed by atoms with van der Waals surface area (Å²) in [5.41, 5.74) is 1.06. The Balaban J connectivity index is 1.96. The van der Waals surface area contributed by atoms with E-state index in [0.29, 0.717) is 52.1 Å². The highest BCUT2D eigenvalue weighted by Gasteiger charge is 2.07. The number of methoxy groups -OCH3 is 1. The summed E-state index contributed by atoms with van der Waals surface area (Å²) in [7, 11) is 1.60. The van der Waals surface area contributed by atoms with Crippen molar-refractivity contribution in [3.8, 4) is 0 Å². The van der Waals surface area contributed by atoms with E-state index in [4.69, 9.17) is 18.9 Å². The van der Waals surface area contributed by atoms with Crippen molar-refractivity contribution in [2.75, 3.05) is 40.1 Å². The molecule has 0 aromatic heterocycles. The van der Waals surface area contributed by atoms with Gasteiger partial charge in [0.25, 0.3) is 0 Å². The molecule has 0 bridgehead atoms. The maximum Gasteiger partial charge on any atom is 0.306 e. The lowest BCUT2D eigenvalue weighted by atomic mass is 10.2. The Kier molecular flexibility index (Phi) is 12.2. The van der Waals surface area contributed by atoms with Gasteiger partial charge in [-0.25, -0.2) is 0 Å². The lowest BCUT2D eigenvalue weighted by molar-refractivity contribution is -0.146. The molecule has 1 aliphatic rings. The second-order valence-corrected chi connectivity index (χ2v) is 5.54. The van der Waals surface area contributed by atoms with E-state index in [1.54, 1.807) is 7.11 Å². The Morgan fingerprint density at radius 2 is 1.64 bits per heavy atom. The summed E-state index contributed by atoms with van der Waals surface area (Å²) in [6, 6.07) is 0. The molecule has 0 radical (unpaired) electrons. The van der Waals surface area contributed by atoms with Crippen LogP contribution in [0.5, 0.6) is 0 Å². The second-order valence-electron chi connectivity index (χ2n) is 5.54. The first kappa shape index (κ1) is 21.1. The van der Waals surface area contributed by atoms with Crippen molar-refractivity contribution < 1.29 is 28.5 Å². The zero-order valence-electron chi connectivity index (χ0n) is 14.9. The van der Waals surface area contributed by atoms with Crippen molar-refractivity contribution >= 4 is 11.9 Å². The molecule has 0 N–H and O–H groups in total. The molecule has 0 heterocycles. The number of carbonyl (C=O) groups is 2. The molecule has 6 nitrogen and oxygen atoms in total. The fraction of sp³-hybridized carbons (Fsp3) is 0.579. The summed E-state index contributed by atoms with van der Waals surface area (Å²) in [6.07, 6.45) is 12.4. The van der Waals surface area contributed by atoms with Crippen LogP contribution in [0.25, 0.3) is 0 Å². The lowest BCUT2D eigenvalue weighted by Gasteiger charge is -2.07. The van der Waals surface area contributed by atoms with Crippen molar-refractivity contribution in [3.05, 3.63) is 36.0 Å². The van der Waals surface area contributed by atoms with Gasteiger partial charge in [0.1, 0.15) is 13.2 Å². The van der Waals surface area contributed by atoms with Crippen LogP contribution in [-0.4, -0.2) is 52.1 Å². The molecule has 140 valence electrons. The minimum atomic E-state index is -0.272. The topological polar surface area (TPSA) is 71.1 Å². The zero-order valence-corrected chi connectivity index (χ0v) is 14.9. The fourth-order valence-electron chi connectivity index (χ4n) is 2.04. The first-order valence-corrected chi connectivity index (χ1v) is 8.61. The molecule has 0 amide bonds. The van der Waals surface area contributed by atoms with Crippen LogP contribution in [0, 0.1) is 0 Å². The monoisotopic (exact) mass is 352 g/mol. The summed E-state index contributed by atoms with van der Waals surface area (Å²) in [5, 5.41) is 0. The van der Waals surface area contributed by atoms with E-state index in [1.165, 1.54) is 0 Å². The average Bonchev–Trinajstić information content (AvgIpc) is 2.89. The van der Waals surface area contributed by atoms with Gasteiger partial charge in [-0.15, -0.1) is 0 Å². The van der Waals surface area contributed by atoms with Gasteiger partial charge in [0.15, 0.2) is 0 Å². The first-order valence-electron chi connectivity index (χ1n) is 8.61. The van der Waals surface area contributed by atoms with Gasteiger partial charge in [-0.3, -0.25) is 9.59 Å². The zero-order chi connectivity index (χ0) is 18.2. The minimum absolute atomic E-state index is 0.238. The minimum Gasteiger partial charge on any atom is -0.463 e. The molecule has 0 fully saturated rings. The van der Waals surface area contributed by atoms with E-state index >= 15 is 0 Å². The van der Waals surface area contributed by atoms with Gasteiger partial charge in [-0.2, -0.15) is 0 Å². The standard InChI is InChI=1S/C19H28O6/c1-22-12-13-23-14-15-24-18(20)10-6-7-11-19(21)25-16-17-8-4-2-3-5-9-17/h2-5,8H,6-7,9-16H2,1H3. The van der Waals surface area contributed by atoms with Gasteiger partial charge in [0.2, 0.25) is 0 Å².